The van der Waals surface area contributed by atoms with Gasteiger partial charge in [0.25, 0.3) is 0 Å². The Morgan fingerprint density at radius 3 is 2.70 bits per heavy atom. The molecule has 1 aromatic carbocycles. The van der Waals surface area contributed by atoms with Crippen molar-refractivity contribution in [3.8, 4) is 21.9 Å². The minimum Gasteiger partial charge on any atom is -0.497 e. The van der Waals surface area contributed by atoms with Crippen molar-refractivity contribution in [2.45, 2.75) is 18.9 Å². The van der Waals surface area contributed by atoms with Crippen LogP contribution in [0, 0.1) is 0 Å². The number of hydrogen-bond donors (Lipinski definition) is 4. The summed E-state index contributed by atoms with van der Waals surface area (Å²) < 4.78 is 10.6. The zero-order valence-electron chi connectivity index (χ0n) is 14.9. The molecule has 0 saturated carbocycles. The Balaban J connectivity index is 1.76. The summed E-state index contributed by atoms with van der Waals surface area (Å²) in [6, 6.07) is 8.44. The van der Waals surface area contributed by atoms with Crippen molar-refractivity contribution < 1.29 is 19.1 Å². The van der Waals surface area contributed by atoms with Crippen LogP contribution in [-0.2, 0) is 0 Å². The van der Waals surface area contributed by atoms with E-state index in [1.54, 1.807) is 13.2 Å². The lowest BCUT2D eigenvalue weighted by Crippen LogP contribution is -2.46. The Hall–Kier alpha value is -2.78. The molecule has 9 heteroatoms. The van der Waals surface area contributed by atoms with Crippen LogP contribution < -0.4 is 31.2 Å². The van der Waals surface area contributed by atoms with Crippen LogP contribution in [0.3, 0.4) is 0 Å². The second-order valence-corrected chi connectivity index (χ2v) is 7.15. The molecule has 0 bridgehead atoms. The number of nitrogens with one attached hydrogen (secondary N) is 3. The molecule has 1 aliphatic rings. The maximum Gasteiger partial charge on any atom is 0.412 e. The highest BCUT2D eigenvalue weighted by molar-refractivity contribution is 7.20. The van der Waals surface area contributed by atoms with Crippen molar-refractivity contribution in [1.29, 1.82) is 0 Å². The van der Waals surface area contributed by atoms with Crippen molar-refractivity contribution in [2.24, 2.45) is 5.73 Å². The van der Waals surface area contributed by atoms with Gasteiger partial charge >= 0.3 is 12.1 Å². The number of nitrogens with two attached hydrogens (primary N) is 1. The van der Waals surface area contributed by atoms with Crippen LogP contribution in [-0.4, -0.2) is 38.4 Å². The lowest BCUT2D eigenvalue weighted by Gasteiger charge is -2.23. The quantitative estimate of drug-likeness (QED) is 0.627. The molecule has 0 aliphatic carbocycles. The smallest absolute Gasteiger partial charge is 0.412 e. The van der Waals surface area contributed by atoms with Gasteiger partial charge in [-0.15, -0.1) is 11.3 Å². The molecule has 3 amide bonds. The van der Waals surface area contributed by atoms with Gasteiger partial charge in [-0.25, -0.2) is 9.59 Å². The molecule has 1 saturated heterocycles. The van der Waals surface area contributed by atoms with Crippen LogP contribution in [0.4, 0.5) is 14.6 Å². The minimum atomic E-state index is -0.722. The highest BCUT2D eigenvalue weighted by atomic mass is 32.1. The number of hydrogen-bond acceptors (Lipinski definition) is 6. The fraction of sp³-hybridized carbons (Fsp3) is 0.333. The van der Waals surface area contributed by atoms with Gasteiger partial charge in [0.05, 0.1) is 7.11 Å². The predicted molar refractivity (Wildman–Crippen MR) is 105 cm³/mol. The van der Waals surface area contributed by atoms with Gasteiger partial charge in [0.1, 0.15) is 10.8 Å². The lowest BCUT2D eigenvalue weighted by atomic mass is 10.1. The van der Waals surface area contributed by atoms with Gasteiger partial charge in [0, 0.05) is 23.5 Å². The molecule has 3 rings (SSSR count). The molecule has 27 heavy (non-hydrogen) atoms. The summed E-state index contributed by atoms with van der Waals surface area (Å²) in [7, 11) is 1.60. The number of primary amides is 1. The number of urea groups is 1. The number of rotatable bonds is 5. The molecule has 8 nitrogen and oxygen atoms in total. The van der Waals surface area contributed by atoms with Crippen LogP contribution in [0.25, 0.3) is 10.4 Å². The second-order valence-electron chi connectivity index (χ2n) is 6.10. The average Bonchev–Trinajstić information content (AvgIpc) is 3.04. The number of piperidine rings is 1. The molecule has 5 N–H and O–H groups in total. The number of benzene rings is 1. The summed E-state index contributed by atoms with van der Waals surface area (Å²) in [4.78, 5) is 24.3. The Labute approximate surface area is 161 Å². The van der Waals surface area contributed by atoms with E-state index >= 15 is 0 Å². The lowest BCUT2D eigenvalue weighted by molar-refractivity contribution is 0.193. The van der Waals surface area contributed by atoms with Gasteiger partial charge < -0.3 is 25.8 Å². The van der Waals surface area contributed by atoms with E-state index in [-0.39, 0.29) is 11.8 Å². The van der Waals surface area contributed by atoms with Crippen LogP contribution >= 0.6 is 11.3 Å². The number of amides is 3. The van der Waals surface area contributed by atoms with E-state index in [0.29, 0.717) is 11.5 Å². The summed E-state index contributed by atoms with van der Waals surface area (Å²) in [6.45, 7) is 1.66. The number of thiophene rings is 1. The monoisotopic (exact) mass is 390 g/mol. The maximum absolute atomic E-state index is 12.2. The number of carbonyl (C=O) groups excluding carboxylic acids is 2. The molecule has 144 valence electrons. The summed E-state index contributed by atoms with van der Waals surface area (Å²) in [6.07, 6.45) is 1.34. The van der Waals surface area contributed by atoms with Gasteiger partial charge in [0.15, 0.2) is 5.75 Å². The molecule has 0 spiro atoms. The molecule has 1 atom stereocenters. The third-order valence-corrected chi connectivity index (χ3v) is 5.21. The number of ether oxygens (including phenoxy) is 2. The highest BCUT2D eigenvalue weighted by Crippen LogP contribution is 2.41. The first-order chi connectivity index (χ1) is 13.0. The van der Waals surface area contributed by atoms with Crippen molar-refractivity contribution in [3.05, 3.63) is 30.3 Å². The van der Waals surface area contributed by atoms with E-state index in [1.165, 1.54) is 11.3 Å². The predicted octanol–water partition coefficient (Wildman–Crippen LogP) is 2.75. The Bertz CT molecular complexity index is 800. The van der Waals surface area contributed by atoms with Gasteiger partial charge in [-0.05, 0) is 49.2 Å². The first-order valence-corrected chi connectivity index (χ1v) is 9.40. The maximum atomic E-state index is 12.2. The second kappa shape index (κ2) is 8.74. The summed E-state index contributed by atoms with van der Waals surface area (Å²) in [5.74, 6) is 0.994. The summed E-state index contributed by atoms with van der Waals surface area (Å²) >= 11 is 1.27. The summed E-state index contributed by atoms with van der Waals surface area (Å²) in [5.41, 5.74) is 6.14. The molecule has 0 unspecified atom stereocenters. The largest absolute Gasteiger partial charge is 0.497 e. The highest BCUT2D eigenvalue weighted by Gasteiger charge is 2.20. The zero-order chi connectivity index (χ0) is 19.2. The van der Waals surface area contributed by atoms with Crippen LogP contribution in [0.5, 0.6) is 11.5 Å². The van der Waals surface area contributed by atoms with Gasteiger partial charge in [-0.3, -0.25) is 5.32 Å². The normalized spacial score (nSPS) is 16.4. The first-order valence-electron chi connectivity index (χ1n) is 8.59. The van der Waals surface area contributed by atoms with Crippen molar-refractivity contribution in [1.82, 2.24) is 10.6 Å². The van der Waals surface area contributed by atoms with E-state index in [9.17, 15) is 9.59 Å². The van der Waals surface area contributed by atoms with E-state index in [1.807, 2.05) is 24.3 Å². The Morgan fingerprint density at radius 2 is 2.07 bits per heavy atom. The fourth-order valence-corrected chi connectivity index (χ4v) is 3.81. The topological polar surface area (TPSA) is 115 Å². The molecule has 1 aliphatic heterocycles. The standard InChI is InChI=1S/C18H22N4O4S/c1-25-13-6-4-11(5-7-13)15-9-14(16(27-15)22-17(19)23)26-18(24)21-12-3-2-8-20-10-12/h4-7,9,12,20H,2-3,8,10H2,1H3,(H,21,24)(H3,19,22,23)/t12-/m1/s1. The minimum absolute atomic E-state index is 0.0264. The van der Waals surface area contributed by atoms with Gasteiger partial charge in [-0.1, -0.05) is 0 Å². The van der Waals surface area contributed by atoms with E-state index < -0.39 is 12.1 Å². The van der Waals surface area contributed by atoms with Gasteiger partial charge in [0.2, 0.25) is 0 Å². The zero-order valence-corrected chi connectivity index (χ0v) is 15.7. The van der Waals surface area contributed by atoms with Crippen molar-refractivity contribution >= 4 is 28.5 Å². The van der Waals surface area contributed by atoms with Gasteiger partial charge in [-0.2, -0.15) is 0 Å². The number of methoxy groups -OCH3 is 1. The first kappa shape index (κ1) is 19.0. The van der Waals surface area contributed by atoms with E-state index in [4.69, 9.17) is 15.2 Å². The number of carbonyl (C=O) groups is 2. The molecule has 1 fully saturated rings. The molecule has 0 radical (unpaired) electrons. The number of anilines is 1. The Kier molecular flexibility index (Phi) is 6.15. The van der Waals surface area contributed by atoms with Crippen LogP contribution in [0.15, 0.2) is 30.3 Å². The average molecular weight is 390 g/mol. The van der Waals surface area contributed by atoms with Crippen LogP contribution in [0.2, 0.25) is 0 Å². The Morgan fingerprint density at radius 1 is 1.30 bits per heavy atom. The van der Waals surface area contributed by atoms with Crippen LogP contribution in [0.1, 0.15) is 12.8 Å². The SMILES string of the molecule is COc1ccc(-c2cc(OC(=O)N[C@@H]3CCCNC3)c(NC(N)=O)s2)cc1. The molecule has 1 aromatic heterocycles. The summed E-state index contributed by atoms with van der Waals surface area (Å²) in [5, 5.41) is 8.95. The molecule has 2 heterocycles. The third kappa shape index (κ3) is 5.11. The molecule has 2 aromatic rings. The van der Waals surface area contributed by atoms with Crippen molar-refractivity contribution in [2.75, 3.05) is 25.5 Å². The van der Waals surface area contributed by atoms with Crippen molar-refractivity contribution in [3.63, 3.8) is 0 Å². The molecular weight excluding hydrogens is 368 g/mol. The fourth-order valence-electron chi connectivity index (χ4n) is 2.82. The third-order valence-electron chi connectivity index (χ3n) is 4.13. The van der Waals surface area contributed by atoms with E-state index in [0.717, 1.165) is 35.6 Å². The van der Waals surface area contributed by atoms with E-state index in [2.05, 4.69) is 16.0 Å². The molecular formula is C18H22N4O4S.